The Morgan fingerprint density at radius 3 is 2.45 bits per heavy atom. The Bertz CT molecular complexity index is 1150. The van der Waals surface area contributed by atoms with Crippen LogP contribution in [0, 0.1) is 25.2 Å². The number of nitrogens with one attached hydrogen (secondary N) is 1. The van der Waals surface area contributed by atoms with E-state index in [4.69, 9.17) is 0 Å². The number of hydrogen-bond acceptors (Lipinski definition) is 3. The van der Waals surface area contributed by atoms with Crippen molar-refractivity contribution in [2.75, 3.05) is 5.32 Å². The van der Waals surface area contributed by atoms with Crippen molar-refractivity contribution < 1.29 is 14.7 Å². The molecule has 29 heavy (non-hydrogen) atoms. The molecule has 0 atom stereocenters. The van der Waals surface area contributed by atoms with Crippen molar-refractivity contribution in [1.29, 1.82) is 5.26 Å². The van der Waals surface area contributed by atoms with Crippen LogP contribution in [0.5, 0.6) is 0 Å². The summed E-state index contributed by atoms with van der Waals surface area (Å²) >= 11 is 0. The van der Waals surface area contributed by atoms with E-state index in [2.05, 4.69) is 5.32 Å². The maximum Gasteiger partial charge on any atom is 0.335 e. The molecule has 0 bridgehead atoms. The molecule has 0 saturated heterocycles. The molecule has 0 aliphatic carbocycles. The predicted molar refractivity (Wildman–Crippen MR) is 111 cm³/mol. The van der Waals surface area contributed by atoms with Crippen LogP contribution in [-0.4, -0.2) is 21.6 Å². The number of aromatic nitrogens is 1. The van der Waals surface area contributed by atoms with Crippen molar-refractivity contribution in [3.63, 3.8) is 0 Å². The second-order valence-electron chi connectivity index (χ2n) is 6.66. The van der Waals surface area contributed by atoms with Crippen LogP contribution in [0.2, 0.25) is 0 Å². The van der Waals surface area contributed by atoms with Crippen molar-refractivity contribution in [3.8, 4) is 11.8 Å². The maximum atomic E-state index is 12.6. The van der Waals surface area contributed by atoms with E-state index >= 15 is 0 Å². The van der Waals surface area contributed by atoms with E-state index in [9.17, 15) is 20.0 Å². The van der Waals surface area contributed by atoms with Gasteiger partial charge in [-0.15, -0.1) is 0 Å². The molecular weight excluding hydrogens is 366 g/mol. The van der Waals surface area contributed by atoms with E-state index in [0.717, 1.165) is 11.1 Å². The number of benzene rings is 2. The molecule has 1 aromatic heterocycles. The third-order valence-electron chi connectivity index (χ3n) is 4.29. The summed E-state index contributed by atoms with van der Waals surface area (Å²) in [5.41, 5.74) is 3.94. The summed E-state index contributed by atoms with van der Waals surface area (Å²) in [7, 11) is 0. The lowest BCUT2D eigenvalue weighted by atomic mass is 10.1. The summed E-state index contributed by atoms with van der Waals surface area (Å²) < 4.78 is 1.72. The van der Waals surface area contributed by atoms with Crippen molar-refractivity contribution in [3.05, 3.63) is 88.8 Å². The SMILES string of the molecule is Cc1cc(C)cc(NC(=O)/C(C#N)=C\c2cccn2-c2cccc(C(=O)O)c2)c1. The smallest absolute Gasteiger partial charge is 0.335 e. The van der Waals surface area contributed by atoms with Crippen molar-refractivity contribution >= 4 is 23.6 Å². The summed E-state index contributed by atoms with van der Waals surface area (Å²) in [5, 5.41) is 21.4. The fourth-order valence-electron chi connectivity index (χ4n) is 3.08. The lowest BCUT2D eigenvalue weighted by Crippen LogP contribution is -2.14. The van der Waals surface area contributed by atoms with Crippen LogP contribution in [0.25, 0.3) is 11.8 Å². The largest absolute Gasteiger partial charge is 0.478 e. The molecule has 144 valence electrons. The fraction of sp³-hybridized carbons (Fsp3) is 0.0870. The van der Waals surface area contributed by atoms with Gasteiger partial charge in [0.1, 0.15) is 11.6 Å². The Hall–Kier alpha value is -4.11. The van der Waals surface area contributed by atoms with E-state index in [1.165, 1.54) is 18.2 Å². The second kappa shape index (κ2) is 8.28. The fourth-order valence-corrected chi connectivity index (χ4v) is 3.08. The maximum absolute atomic E-state index is 12.6. The lowest BCUT2D eigenvalue weighted by molar-refractivity contribution is -0.112. The number of aromatic carboxylic acids is 1. The average molecular weight is 385 g/mol. The first-order valence-electron chi connectivity index (χ1n) is 8.90. The molecule has 0 aliphatic heterocycles. The van der Waals surface area contributed by atoms with E-state index in [1.54, 1.807) is 35.0 Å². The average Bonchev–Trinajstić information content (AvgIpc) is 3.13. The van der Waals surface area contributed by atoms with Gasteiger partial charge < -0.3 is 15.0 Å². The van der Waals surface area contributed by atoms with Gasteiger partial charge in [0.25, 0.3) is 5.91 Å². The minimum absolute atomic E-state index is 0.0569. The van der Waals surface area contributed by atoms with E-state index in [-0.39, 0.29) is 11.1 Å². The zero-order valence-corrected chi connectivity index (χ0v) is 16.0. The minimum Gasteiger partial charge on any atom is -0.478 e. The molecular formula is C23H19N3O3. The minimum atomic E-state index is -1.03. The Labute approximate surface area is 168 Å². The molecule has 1 amide bonds. The highest BCUT2D eigenvalue weighted by molar-refractivity contribution is 6.09. The lowest BCUT2D eigenvalue weighted by Gasteiger charge is -2.09. The Kier molecular flexibility index (Phi) is 5.61. The molecule has 0 aliphatic rings. The molecule has 2 N–H and O–H groups in total. The molecule has 6 heteroatoms. The first-order valence-corrected chi connectivity index (χ1v) is 8.90. The number of carbonyl (C=O) groups excluding carboxylic acids is 1. The normalized spacial score (nSPS) is 11.0. The van der Waals surface area contributed by atoms with Crippen molar-refractivity contribution in [2.45, 2.75) is 13.8 Å². The number of rotatable bonds is 5. The monoisotopic (exact) mass is 385 g/mol. The highest BCUT2D eigenvalue weighted by Gasteiger charge is 2.12. The Morgan fingerprint density at radius 2 is 1.79 bits per heavy atom. The topological polar surface area (TPSA) is 95.1 Å². The highest BCUT2D eigenvalue weighted by Crippen LogP contribution is 2.19. The van der Waals surface area contributed by atoms with Gasteiger partial charge in [-0.3, -0.25) is 4.79 Å². The number of aryl methyl sites for hydroxylation is 2. The van der Waals surface area contributed by atoms with E-state index in [0.29, 0.717) is 17.1 Å². The third kappa shape index (κ3) is 4.60. The number of nitrogens with zero attached hydrogens (tertiary/aromatic N) is 2. The van der Waals surface area contributed by atoms with Gasteiger partial charge >= 0.3 is 5.97 Å². The summed E-state index contributed by atoms with van der Waals surface area (Å²) in [5.74, 6) is -1.54. The van der Waals surface area contributed by atoms with Crippen molar-refractivity contribution in [2.24, 2.45) is 0 Å². The first-order chi connectivity index (χ1) is 13.9. The summed E-state index contributed by atoms with van der Waals surface area (Å²) in [4.78, 5) is 23.8. The summed E-state index contributed by atoms with van der Waals surface area (Å²) in [6.07, 6.45) is 3.22. The zero-order valence-electron chi connectivity index (χ0n) is 16.0. The van der Waals surface area contributed by atoms with Crippen LogP contribution in [0.3, 0.4) is 0 Å². The standard InChI is InChI=1S/C23H19N3O3/c1-15-9-16(2)11-19(10-15)25-22(27)18(14-24)13-21-7-4-8-26(21)20-6-3-5-17(12-20)23(28)29/h3-13H,1-2H3,(H,25,27)(H,28,29)/b18-13-. The molecule has 3 aromatic rings. The number of carboxylic acid groups (broad SMARTS) is 1. The van der Waals surface area contributed by atoms with Crippen LogP contribution in [-0.2, 0) is 4.79 Å². The highest BCUT2D eigenvalue weighted by atomic mass is 16.4. The van der Waals surface area contributed by atoms with Gasteiger partial charge in [-0.05, 0) is 73.5 Å². The van der Waals surface area contributed by atoms with Gasteiger partial charge in [-0.2, -0.15) is 5.26 Å². The summed E-state index contributed by atoms with van der Waals surface area (Å²) in [6.45, 7) is 3.86. The molecule has 0 spiro atoms. The van der Waals surface area contributed by atoms with Gasteiger partial charge in [0.2, 0.25) is 0 Å². The number of nitriles is 1. The number of hydrogen-bond donors (Lipinski definition) is 2. The summed E-state index contributed by atoms with van der Waals surface area (Å²) in [6, 6.07) is 17.5. The van der Waals surface area contributed by atoms with Crippen LogP contribution in [0.1, 0.15) is 27.2 Å². The zero-order chi connectivity index (χ0) is 21.0. The van der Waals surface area contributed by atoms with Gasteiger partial charge in [0, 0.05) is 23.3 Å². The number of anilines is 1. The molecule has 1 heterocycles. The van der Waals surface area contributed by atoms with Gasteiger partial charge in [0.15, 0.2) is 0 Å². The number of amides is 1. The van der Waals surface area contributed by atoms with Crippen LogP contribution < -0.4 is 5.32 Å². The number of carboxylic acids is 1. The Morgan fingerprint density at radius 1 is 1.07 bits per heavy atom. The second-order valence-corrected chi connectivity index (χ2v) is 6.66. The molecule has 2 aromatic carbocycles. The van der Waals surface area contributed by atoms with Gasteiger partial charge in [0.05, 0.1) is 5.56 Å². The predicted octanol–water partition coefficient (Wildman–Crippen LogP) is 4.34. The molecule has 0 unspecified atom stereocenters. The Balaban J connectivity index is 1.92. The third-order valence-corrected chi connectivity index (χ3v) is 4.29. The van der Waals surface area contributed by atoms with Crippen LogP contribution in [0.4, 0.5) is 5.69 Å². The van der Waals surface area contributed by atoms with Gasteiger partial charge in [-0.1, -0.05) is 12.1 Å². The van der Waals surface area contributed by atoms with Crippen LogP contribution in [0.15, 0.2) is 66.4 Å². The van der Waals surface area contributed by atoms with Crippen LogP contribution >= 0.6 is 0 Å². The quantitative estimate of drug-likeness (QED) is 0.504. The van der Waals surface area contributed by atoms with Crippen molar-refractivity contribution in [1.82, 2.24) is 4.57 Å². The molecule has 0 saturated carbocycles. The van der Waals surface area contributed by atoms with E-state index in [1.807, 2.05) is 38.1 Å². The van der Waals surface area contributed by atoms with E-state index < -0.39 is 11.9 Å². The van der Waals surface area contributed by atoms with Gasteiger partial charge in [-0.25, -0.2) is 4.79 Å². The first kappa shape index (κ1) is 19.6. The molecule has 6 nitrogen and oxygen atoms in total. The molecule has 0 radical (unpaired) electrons. The number of carbonyl (C=O) groups is 2. The molecule has 0 fully saturated rings. The molecule has 3 rings (SSSR count).